The van der Waals surface area contributed by atoms with Crippen molar-refractivity contribution in [2.24, 2.45) is 0 Å². The Kier molecular flexibility index (Phi) is 3.53. The van der Waals surface area contributed by atoms with E-state index < -0.39 is 0 Å². The van der Waals surface area contributed by atoms with Gasteiger partial charge < -0.3 is 15.5 Å². The molecule has 0 aromatic heterocycles. The topological polar surface area (TPSA) is 32.5 Å². The fourth-order valence-corrected chi connectivity index (χ4v) is 2.91. The van der Waals surface area contributed by atoms with Crippen molar-refractivity contribution in [2.75, 3.05) is 38.3 Å². The van der Waals surface area contributed by atoms with Crippen LogP contribution < -0.4 is 10.6 Å². The van der Waals surface area contributed by atoms with Crippen molar-refractivity contribution >= 4 is 11.4 Å². The summed E-state index contributed by atoms with van der Waals surface area (Å²) in [7, 11) is 6.56. The summed E-state index contributed by atoms with van der Waals surface area (Å²) in [4.78, 5) is 4.74. The molecule has 2 rings (SSSR count). The highest BCUT2D eigenvalue weighted by Crippen LogP contribution is 2.38. The van der Waals surface area contributed by atoms with Crippen molar-refractivity contribution in [3.05, 3.63) is 23.8 Å². The Hall–Kier alpha value is -1.22. The molecule has 2 N–H and O–H groups in total. The van der Waals surface area contributed by atoms with Crippen LogP contribution in [0.25, 0.3) is 0 Å². The van der Waals surface area contributed by atoms with E-state index in [1.807, 2.05) is 12.1 Å². The zero-order chi connectivity index (χ0) is 13.3. The lowest BCUT2D eigenvalue weighted by atomic mass is 9.75. The molecule has 1 aromatic rings. The van der Waals surface area contributed by atoms with Crippen molar-refractivity contribution in [3.8, 4) is 0 Å². The maximum atomic E-state index is 5.99. The third kappa shape index (κ3) is 2.19. The average Bonchev–Trinajstić information content (AvgIpc) is 2.26. The molecule has 1 aliphatic rings. The van der Waals surface area contributed by atoms with Gasteiger partial charge in [0.2, 0.25) is 0 Å². The molecular weight excluding hydrogens is 222 g/mol. The maximum absolute atomic E-state index is 5.99. The summed E-state index contributed by atoms with van der Waals surface area (Å²) in [5.74, 6) is 0. The van der Waals surface area contributed by atoms with Gasteiger partial charge >= 0.3 is 0 Å². The molecule has 0 unspecified atom stereocenters. The molecule has 1 aliphatic carbocycles. The maximum Gasteiger partial charge on any atom is 0.0414 e. The first kappa shape index (κ1) is 13.2. The van der Waals surface area contributed by atoms with E-state index in [-0.39, 0.29) is 0 Å². The Morgan fingerprint density at radius 2 is 1.89 bits per heavy atom. The molecule has 0 amide bonds. The van der Waals surface area contributed by atoms with Crippen molar-refractivity contribution in [2.45, 2.75) is 31.7 Å². The summed E-state index contributed by atoms with van der Waals surface area (Å²) in [6.45, 7) is 3.18. The Morgan fingerprint density at radius 1 is 1.22 bits per heavy atom. The van der Waals surface area contributed by atoms with Gasteiger partial charge in [-0.2, -0.15) is 0 Å². The predicted octanol–water partition coefficient (Wildman–Crippen LogP) is 2.50. The lowest BCUT2D eigenvalue weighted by Crippen LogP contribution is -2.56. The van der Waals surface area contributed by atoms with Crippen LogP contribution in [0.1, 0.15) is 24.8 Å². The molecule has 0 heterocycles. The van der Waals surface area contributed by atoms with Crippen molar-refractivity contribution < 1.29 is 0 Å². The van der Waals surface area contributed by atoms with Crippen LogP contribution in [0.2, 0.25) is 0 Å². The quantitative estimate of drug-likeness (QED) is 0.830. The minimum absolute atomic E-state index is 0.353. The molecule has 0 saturated heterocycles. The molecule has 0 aliphatic heterocycles. The van der Waals surface area contributed by atoms with Gasteiger partial charge in [0.25, 0.3) is 0 Å². The van der Waals surface area contributed by atoms with Gasteiger partial charge in [-0.15, -0.1) is 0 Å². The van der Waals surface area contributed by atoms with Crippen molar-refractivity contribution in [1.29, 1.82) is 0 Å². The molecule has 18 heavy (non-hydrogen) atoms. The second-order valence-corrected chi connectivity index (χ2v) is 5.82. The zero-order valence-electron chi connectivity index (χ0n) is 12.0. The van der Waals surface area contributed by atoms with Crippen LogP contribution in [-0.4, -0.2) is 38.1 Å². The van der Waals surface area contributed by atoms with Gasteiger partial charge in [0.05, 0.1) is 0 Å². The second-order valence-electron chi connectivity index (χ2n) is 5.82. The van der Waals surface area contributed by atoms with Crippen LogP contribution in [0, 0.1) is 6.92 Å². The molecule has 1 aromatic carbocycles. The van der Waals surface area contributed by atoms with E-state index in [0.717, 1.165) is 12.2 Å². The van der Waals surface area contributed by atoms with Gasteiger partial charge in [0.15, 0.2) is 0 Å². The smallest absolute Gasteiger partial charge is 0.0414 e. The van der Waals surface area contributed by atoms with E-state index in [2.05, 4.69) is 43.9 Å². The summed E-state index contributed by atoms with van der Waals surface area (Å²) in [6, 6.07) is 6.17. The number of hydrogen-bond donors (Lipinski definition) is 1. The first-order valence-corrected chi connectivity index (χ1v) is 6.70. The van der Waals surface area contributed by atoms with Crippen LogP contribution in [0.5, 0.6) is 0 Å². The Morgan fingerprint density at radius 3 is 2.39 bits per heavy atom. The van der Waals surface area contributed by atoms with E-state index in [4.69, 9.17) is 5.73 Å². The van der Waals surface area contributed by atoms with E-state index in [1.165, 1.54) is 30.5 Å². The highest BCUT2D eigenvalue weighted by molar-refractivity contribution is 5.64. The minimum atomic E-state index is 0.353. The molecular formula is C15H25N3. The number of rotatable bonds is 4. The number of hydrogen-bond acceptors (Lipinski definition) is 3. The molecule has 0 atom stereocenters. The number of anilines is 2. The molecule has 1 saturated carbocycles. The summed E-state index contributed by atoms with van der Waals surface area (Å²) < 4.78 is 0. The fourth-order valence-electron chi connectivity index (χ4n) is 2.91. The highest BCUT2D eigenvalue weighted by atomic mass is 15.2. The molecule has 0 radical (unpaired) electrons. The van der Waals surface area contributed by atoms with Crippen molar-refractivity contribution in [1.82, 2.24) is 4.90 Å². The van der Waals surface area contributed by atoms with Crippen LogP contribution >= 0.6 is 0 Å². The van der Waals surface area contributed by atoms with Gasteiger partial charge in [-0.3, -0.25) is 0 Å². The third-order valence-electron chi connectivity index (χ3n) is 4.52. The molecule has 3 nitrogen and oxygen atoms in total. The minimum Gasteiger partial charge on any atom is -0.398 e. The Bertz CT molecular complexity index is 422. The average molecular weight is 247 g/mol. The largest absolute Gasteiger partial charge is 0.398 e. The number of nitrogen functional groups attached to an aromatic ring is 1. The van der Waals surface area contributed by atoms with E-state index in [9.17, 15) is 0 Å². The third-order valence-corrected chi connectivity index (χ3v) is 4.52. The van der Waals surface area contributed by atoms with Gasteiger partial charge in [-0.1, -0.05) is 6.07 Å². The summed E-state index contributed by atoms with van der Waals surface area (Å²) in [5.41, 5.74) is 9.67. The summed E-state index contributed by atoms with van der Waals surface area (Å²) in [6.07, 6.45) is 3.94. The molecule has 1 fully saturated rings. The van der Waals surface area contributed by atoms with E-state index in [0.29, 0.717) is 5.54 Å². The number of likely N-dealkylation sites (N-methyl/N-ethyl adjacent to an activating group) is 2. The zero-order valence-corrected chi connectivity index (χ0v) is 12.0. The van der Waals surface area contributed by atoms with E-state index >= 15 is 0 Å². The molecule has 3 heteroatoms. The molecule has 0 bridgehead atoms. The van der Waals surface area contributed by atoms with Crippen molar-refractivity contribution in [3.63, 3.8) is 0 Å². The van der Waals surface area contributed by atoms with Crippen LogP contribution in [-0.2, 0) is 0 Å². The van der Waals surface area contributed by atoms with Crippen LogP contribution in [0.4, 0.5) is 11.4 Å². The normalized spacial score (nSPS) is 17.6. The van der Waals surface area contributed by atoms with Gasteiger partial charge in [0.1, 0.15) is 0 Å². The second kappa shape index (κ2) is 4.81. The molecule has 0 spiro atoms. The summed E-state index contributed by atoms with van der Waals surface area (Å²) >= 11 is 0. The van der Waals surface area contributed by atoms with Gasteiger partial charge in [0, 0.05) is 30.5 Å². The number of benzene rings is 1. The van der Waals surface area contributed by atoms with Gasteiger partial charge in [-0.25, -0.2) is 0 Å². The Balaban J connectivity index is 2.17. The monoisotopic (exact) mass is 247 g/mol. The standard InChI is InChI=1S/C15H25N3/c1-12-13(16)7-5-8-14(12)18(4)11-15(17(2)3)9-6-10-15/h5,7-8H,6,9-11,16H2,1-4H3. The molecule has 100 valence electrons. The van der Waals surface area contributed by atoms with E-state index in [1.54, 1.807) is 0 Å². The van der Waals surface area contributed by atoms with Crippen LogP contribution in [0.15, 0.2) is 18.2 Å². The Labute approximate surface area is 111 Å². The van der Waals surface area contributed by atoms with Gasteiger partial charge in [-0.05, 0) is 58.0 Å². The fraction of sp³-hybridized carbons (Fsp3) is 0.600. The number of nitrogens with two attached hydrogens (primary N) is 1. The lowest BCUT2D eigenvalue weighted by Gasteiger charge is -2.49. The lowest BCUT2D eigenvalue weighted by molar-refractivity contribution is 0.0683. The summed E-state index contributed by atoms with van der Waals surface area (Å²) in [5, 5.41) is 0. The first-order valence-electron chi connectivity index (χ1n) is 6.70. The SMILES string of the molecule is Cc1c(N)cccc1N(C)CC1(N(C)C)CCC1. The first-order chi connectivity index (χ1) is 8.46. The number of nitrogens with zero attached hydrogens (tertiary/aromatic N) is 2. The van der Waals surface area contributed by atoms with Crippen LogP contribution in [0.3, 0.4) is 0 Å². The highest BCUT2D eigenvalue weighted by Gasteiger charge is 2.40. The predicted molar refractivity (Wildman–Crippen MR) is 79.1 cm³/mol.